The molecule has 24 heavy (non-hydrogen) atoms. The third-order valence-electron chi connectivity index (χ3n) is 3.69. The van der Waals surface area contributed by atoms with Crippen LogP contribution in [0.25, 0.3) is 11.3 Å². The number of H-pyrrole nitrogens is 1. The predicted molar refractivity (Wildman–Crippen MR) is 92.8 cm³/mol. The maximum Gasteiger partial charge on any atom is 0.255 e. The topological polar surface area (TPSA) is 75.6 Å². The number of hydrogen-bond donors (Lipinski definition) is 2. The zero-order valence-electron chi connectivity index (χ0n) is 13.2. The summed E-state index contributed by atoms with van der Waals surface area (Å²) >= 11 is 6.02. The van der Waals surface area contributed by atoms with Gasteiger partial charge in [0.25, 0.3) is 5.91 Å². The molecular formula is C17H18ClN5O. The molecule has 0 aliphatic heterocycles. The summed E-state index contributed by atoms with van der Waals surface area (Å²) in [5, 5.41) is 10.4. The monoisotopic (exact) mass is 343 g/mol. The van der Waals surface area contributed by atoms with Gasteiger partial charge in [0.1, 0.15) is 0 Å². The molecule has 0 bridgehead atoms. The Morgan fingerprint density at radius 1 is 1.46 bits per heavy atom. The molecule has 0 saturated carbocycles. The van der Waals surface area contributed by atoms with Crippen molar-refractivity contribution in [2.45, 2.75) is 13.5 Å². The van der Waals surface area contributed by atoms with Crippen LogP contribution in [0.2, 0.25) is 5.02 Å². The summed E-state index contributed by atoms with van der Waals surface area (Å²) in [6.45, 7) is 3.44. The van der Waals surface area contributed by atoms with E-state index < -0.39 is 0 Å². The van der Waals surface area contributed by atoms with Gasteiger partial charge in [-0.3, -0.25) is 9.89 Å². The van der Waals surface area contributed by atoms with E-state index in [0.29, 0.717) is 22.8 Å². The number of carbonyl (C=O) groups is 1. The average molecular weight is 344 g/mol. The number of nitrogens with one attached hydrogen (secondary N) is 2. The van der Waals surface area contributed by atoms with Gasteiger partial charge in [-0.25, -0.2) is 4.98 Å². The normalized spacial score (nSPS) is 12.1. The Morgan fingerprint density at radius 3 is 3.08 bits per heavy atom. The van der Waals surface area contributed by atoms with Crippen LogP contribution in [0.3, 0.4) is 0 Å². The number of imidazole rings is 1. The Labute approximate surface area is 144 Å². The molecule has 1 atom stereocenters. The molecule has 7 heteroatoms. The van der Waals surface area contributed by atoms with Gasteiger partial charge in [0.15, 0.2) is 0 Å². The van der Waals surface area contributed by atoms with Gasteiger partial charge in [0, 0.05) is 36.1 Å². The van der Waals surface area contributed by atoms with E-state index in [9.17, 15) is 4.79 Å². The second-order valence-corrected chi connectivity index (χ2v) is 6.18. The highest BCUT2D eigenvalue weighted by Crippen LogP contribution is 2.23. The first kappa shape index (κ1) is 16.3. The van der Waals surface area contributed by atoms with Crippen LogP contribution in [0.4, 0.5) is 0 Å². The largest absolute Gasteiger partial charge is 0.352 e. The maximum atomic E-state index is 12.5. The molecule has 6 nitrogen and oxygen atoms in total. The highest BCUT2D eigenvalue weighted by molar-refractivity contribution is 6.30. The van der Waals surface area contributed by atoms with Gasteiger partial charge >= 0.3 is 0 Å². The number of aromatic nitrogens is 4. The van der Waals surface area contributed by atoms with Gasteiger partial charge in [0.05, 0.1) is 23.8 Å². The van der Waals surface area contributed by atoms with Gasteiger partial charge in [-0.05, 0) is 18.1 Å². The molecule has 1 aromatic carbocycles. The molecule has 0 aliphatic carbocycles. The van der Waals surface area contributed by atoms with Gasteiger partial charge in [-0.15, -0.1) is 0 Å². The quantitative estimate of drug-likeness (QED) is 0.722. The van der Waals surface area contributed by atoms with Gasteiger partial charge in [-0.1, -0.05) is 30.7 Å². The van der Waals surface area contributed by atoms with Gasteiger partial charge < -0.3 is 9.88 Å². The first-order chi connectivity index (χ1) is 11.6. The molecule has 3 rings (SSSR count). The smallest absolute Gasteiger partial charge is 0.255 e. The molecule has 0 saturated heterocycles. The van der Waals surface area contributed by atoms with Crippen molar-refractivity contribution in [2.75, 3.05) is 6.54 Å². The standard InChI is InChI=1S/C17H18ClN5O/c1-12(10-23-6-5-19-11-23)8-20-17(24)15-9-21-22-16(15)13-3-2-4-14(18)7-13/h2-7,9,11-12H,8,10H2,1H3,(H,20,24)(H,21,22)/t12-/m1/s1. The summed E-state index contributed by atoms with van der Waals surface area (Å²) in [5.41, 5.74) is 2.00. The van der Waals surface area contributed by atoms with Gasteiger partial charge in [0.2, 0.25) is 0 Å². The minimum Gasteiger partial charge on any atom is -0.352 e. The molecule has 2 N–H and O–H groups in total. The Kier molecular flexibility index (Phi) is 4.96. The van der Waals surface area contributed by atoms with Crippen molar-refractivity contribution in [1.82, 2.24) is 25.1 Å². The van der Waals surface area contributed by atoms with Crippen LogP contribution >= 0.6 is 11.6 Å². The molecule has 1 amide bonds. The van der Waals surface area contributed by atoms with Crippen LogP contribution in [-0.4, -0.2) is 32.2 Å². The molecule has 2 aromatic heterocycles. The molecule has 2 heterocycles. The number of rotatable bonds is 6. The summed E-state index contributed by atoms with van der Waals surface area (Å²) < 4.78 is 1.99. The number of benzene rings is 1. The number of aromatic amines is 1. The lowest BCUT2D eigenvalue weighted by atomic mass is 10.1. The molecule has 0 spiro atoms. The van der Waals surface area contributed by atoms with Crippen LogP contribution in [0.1, 0.15) is 17.3 Å². The number of hydrogen-bond acceptors (Lipinski definition) is 3. The first-order valence-electron chi connectivity index (χ1n) is 7.66. The van der Waals surface area contributed by atoms with Crippen LogP contribution < -0.4 is 5.32 Å². The molecule has 3 aromatic rings. The summed E-state index contributed by atoms with van der Waals surface area (Å²) in [4.78, 5) is 16.5. The van der Waals surface area contributed by atoms with E-state index in [-0.39, 0.29) is 11.8 Å². The Morgan fingerprint density at radius 2 is 2.33 bits per heavy atom. The van der Waals surface area contributed by atoms with Crippen molar-refractivity contribution < 1.29 is 4.79 Å². The zero-order chi connectivity index (χ0) is 16.9. The predicted octanol–water partition coefficient (Wildman–Crippen LogP) is 2.99. The van der Waals surface area contributed by atoms with E-state index in [4.69, 9.17) is 11.6 Å². The van der Waals surface area contributed by atoms with E-state index in [1.165, 1.54) is 6.20 Å². The van der Waals surface area contributed by atoms with Crippen molar-refractivity contribution in [3.63, 3.8) is 0 Å². The average Bonchev–Trinajstić information content (AvgIpc) is 3.24. The van der Waals surface area contributed by atoms with Crippen molar-refractivity contribution in [3.05, 3.63) is 59.8 Å². The van der Waals surface area contributed by atoms with E-state index in [1.54, 1.807) is 24.7 Å². The minimum atomic E-state index is -0.156. The van der Waals surface area contributed by atoms with Crippen molar-refractivity contribution in [3.8, 4) is 11.3 Å². The van der Waals surface area contributed by atoms with E-state index in [0.717, 1.165) is 12.1 Å². The zero-order valence-corrected chi connectivity index (χ0v) is 14.0. The fourth-order valence-corrected chi connectivity index (χ4v) is 2.69. The summed E-state index contributed by atoms with van der Waals surface area (Å²) in [6.07, 6.45) is 6.96. The molecule has 124 valence electrons. The summed E-state index contributed by atoms with van der Waals surface area (Å²) in [6, 6.07) is 7.32. The van der Waals surface area contributed by atoms with E-state index >= 15 is 0 Å². The van der Waals surface area contributed by atoms with E-state index in [1.807, 2.05) is 22.9 Å². The Hall–Kier alpha value is -2.60. The maximum absolute atomic E-state index is 12.5. The number of halogens is 1. The van der Waals surface area contributed by atoms with Crippen LogP contribution in [0.5, 0.6) is 0 Å². The molecular weight excluding hydrogens is 326 g/mol. The highest BCUT2D eigenvalue weighted by atomic mass is 35.5. The third-order valence-corrected chi connectivity index (χ3v) is 3.93. The second kappa shape index (κ2) is 7.31. The SMILES string of the molecule is C[C@H](CNC(=O)c1cn[nH]c1-c1cccc(Cl)c1)Cn1ccnc1. The molecule has 0 unspecified atom stereocenters. The van der Waals surface area contributed by atoms with Crippen LogP contribution in [0.15, 0.2) is 49.2 Å². The third kappa shape index (κ3) is 3.83. The summed E-state index contributed by atoms with van der Waals surface area (Å²) in [5.74, 6) is 0.126. The van der Waals surface area contributed by atoms with Gasteiger partial charge in [-0.2, -0.15) is 5.10 Å². The number of nitrogens with zero attached hydrogens (tertiary/aromatic N) is 3. The first-order valence-corrected chi connectivity index (χ1v) is 8.04. The Balaban J connectivity index is 1.65. The molecule has 0 fully saturated rings. The minimum absolute atomic E-state index is 0.156. The van der Waals surface area contributed by atoms with Crippen LogP contribution in [0, 0.1) is 5.92 Å². The van der Waals surface area contributed by atoms with Crippen molar-refractivity contribution >= 4 is 17.5 Å². The molecule has 0 radical (unpaired) electrons. The second-order valence-electron chi connectivity index (χ2n) is 5.74. The Bertz CT molecular complexity index is 812. The lowest BCUT2D eigenvalue weighted by Crippen LogP contribution is -2.30. The lowest BCUT2D eigenvalue weighted by molar-refractivity contribution is 0.0947. The fraction of sp³-hybridized carbons (Fsp3) is 0.235. The number of amides is 1. The van der Waals surface area contributed by atoms with Crippen LogP contribution in [-0.2, 0) is 6.54 Å². The lowest BCUT2D eigenvalue weighted by Gasteiger charge is -2.13. The highest BCUT2D eigenvalue weighted by Gasteiger charge is 2.16. The van der Waals surface area contributed by atoms with E-state index in [2.05, 4.69) is 27.4 Å². The summed E-state index contributed by atoms with van der Waals surface area (Å²) in [7, 11) is 0. The van der Waals surface area contributed by atoms with Crippen molar-refractivity contribution in [2.24, 2.45) is 5.92 Å². The fourth-order valence-electron chi connectivity index (χ4n) is 2.50. The van der Waals surface area contributed by atoms with Crippen molar-refractivity contribution in [1.29, 1.82) is 0 Å². The molecule has 0 aliphatic rings. The number of carbonyl (C=O) groups excluding carboxylic acids is 1.